The standard InChI is InChI=1S/C17H19Cl3OSi/c18-22(19,20)14-6-2-5-13-21-17-11-9-16(10-12-17)15-7-3-1-4-8-15/h1,3-4,7-12H,2,5-6,13-14H2. The van der Waals surface area contributed by atoms with Gasteiger partial charge in [0.05, 0.1) is 6.61 Å². The molecule has 0 saturated carbocycles. The summed E-state index contributed by atoms with van der Waals surface area (Å²) in [5, 5.41) is 0. The van der Waals surface area contributed by atoms with E-state index in [0.717, 1.165) is 31.1 Å². The monoisotopic (exact) mass is 372 g/mol. The second-order valence-corrected chi connectivity index (χ2v) is 14.4. The van der Waals surface area contributed by atoms with Gasteiger partial charge in [0.25, 0.3) is 0 Å². The molecule has 2 aromatic carbocycles. The summed E-state index contributed by atoms with van der Waals surface area (Å²) < 4.78 is 5.74. The van der Waals surface area contributed by atoms with Gasteiger partial charge in [-0.15, -0.1) is 33.2 Å². The number of benzene rings is 2. The molecule has 1 nitrogen and oxygen atoms in total. The van der Waals surface area contributed by atoms with Crippen molar-refractivity contribution >= 4 is 39.2 Å². The average molecular weight is 374 g/mol. The summed E-state index contributed by atoms with van der Waals surface area (Å²) in [4.78, 5) is 0. The zero-order valence-electron chi connectivity index (χ0n) is 12.3. The normalized spacial score (nSPS) is 11.4. The molecule has 0 atom stereocenters. The van der Waals surface area contributed by atoms with Crippen LogP contribution in [0.5, 0.6) is 5.75 Å². The van der Waals surface area contributed by atoms with Crippen LogP contribution in [0, 0.1) is 0 Å². The van der Waals surface area contributed by atoms with Crippen molar-refractivity contribution in [2.75, 3.05) is 6.61 Å². The van der Waals surface area contributed by atoms with E-state index >= 15 is 0 Å². The van der Waals surface area contributed by atoms with Gasteiger partial charge in [-0.3, -0.25) is 0 Å². The molecule has 0 spiro atoms. The molecule has 118 valence electrons. The first-order chi connectivity index (χ1) is 10.5. The van der Waals surface area contributed by atoms with Crippen molar-refractivity contribution in [2.24, 2.45) is 0 Å². The molecule has 0 unspecified atom stereocenters. The largest absolute Gasteiger partial charge is 0.494 e. The Balaban J connectivity index is 1.71. The molecule has 0 aliphatic rings. The number of ether oxygens (including phenoxy) is 1. The van der Waals surface area contributed by atoms with E-state index in [9.17, 15) is 0 Å². The highest BCUT2D eigenvalue weighted by atomic mass is 35.8. The quantitative estimate of drug-likeness (QED) is 0.289. The molecule has 0 fully saturated rings. The Morgan fingerprint density at radius 3 is 2.00 bits per heavy atom. The van der Waals surface area contributed by atoms with Crippen LogP contribution in [0.15, 0.2) is 54.6 Å². The van der Waals surface area contributed by atoms with Crippen molar-refractivity contribution in [3.63, 3.8) is 0 Å². The van der Waals surface area contributed by atoms with E-state index in [4.69, 9.17) is 38.0 Å². The van der Waals surface area contributed by atoms with E-state index in [0.29, 0.717) is 6.61 Å². The lowest BCUT2D eigenvalue weighted by Gasteiger charge is -2.09. The van der Waals surface area contributed by atoms with Crippen LogP contribution >= 0.6 is 33.2 Å². The number of hydrogen-bond acceptors (Lipinski definition) is 1. The van der Waals surface area contributed by atoms with Gasteiger partial charge < -0.3 is 4.74 Å². The third-order valence-electron chi connectivity index (χ3n) is 3.33. The molecule has 0 N–H and O–H groups in total. The van der Waals surface area contributed by atoms with Gasteiger partial charge in [0.15, 0.2) is 0 Å². The summed E-state index contributed by atoms with van der Waals surface area (Å²) >= 11 is 17.5. The Kier molecular flexibility index (Phi) is 7.09. The van der Waals surface area contributed by atoms with Crippen LogP contribution in [0.3, 0.4) is 0 Å². The highest BCUT2D eigenvalue weighted by Gasteiger charge is 2.23. The van der Waals surface area contributed by atoms with Gasteiger partial charge in [-0.05, 0) is 35.7 Å². The van der Waals surface area contributed by atoms with Crippen molar-refractivity contribution in [1.82, 2.24) is 0 Å². The molecule has 0 aliphatic heterocycles. The summed E-state index contributed by atoms with van der Waals surface area (Å²) in [6, 6.07) is 16.8. The minimum atomic E-state index is -2.44. The Morgan fingerprint density at radius 1 is 0.727 bits per heavy atom. The third-order valence-corrected chi connectivity index (χ3v) is 5.96. The van der Waals surface area contributed by atoms with Gasteiger partial charge in [-0.2, -0.15) is 0 Å². The van der Waals surface area contributed by atoms with Gasteiger partial charge >= 0.3 is 6.00 Å². The minimum absolute atomic E-state index is 0.700. The number of hydrogen-bond donors (Lipinski definition) is 0. The third kappa shape index (κ3) is 6.61. The van der Waals surface area contributed by atoms with Crippen LogP contribution in [0.25, 0.3) is 11.1 Å². The van der Waals surface area contributed by atoms with Crippen LogP contribution in [-0.2, 0) is 0 Å². The fraction of sp³-hybridized carbons (Fsp3) is 0.294. The Morgan fingerprint density at radius 2 is 1.36 bits per heavy atom. The molecule has 2 rings (SSSR count). The number of halogens is 3. The molecule has 22 heavy (non-hydrogen) atoms. The molecule has 5 heteroatoms. The van der Waals surface area contributed by atoms with E-state index < -0.39 is 6.00 Å². The number of unbranched alkanes of at least 4 members (excludes halogenated alkanes) is 2. The van der Waals surface area contributed by atoms with Crippen LogP contribution in [0.1, 0.15) is 19.3 Å². The van der Waals surface area contributed by atoms with Gasteiger partial charge in [0, 0.05) is 0 Å². The predicted molar refractivity (Wildman–Crippen MR) is 99.3 cm³/mol. The van der Waals surface area contributed by atoms with Gasteiger partial charge in [0.2, 0.25) is 0 Å². The van der Waals surface area contributed by atoms with E-state index in [2.05, 4.69) is 24.3 Å². The maximum atomic E-state index is 5.85. The lowest BCUT2D eigenvalue weighted by Crippen LogP contribution is -2.08. The molecule has 0 radical (unpaired) electrons. The van der Waals surface area contributed by atoms with E-state index in [1.165, 1.54) is 11.1 Å². The molecule has 0 aliphatic carbocycles. The lowest BCUT2D eigenvalue weighted by atomic mass is 10.1. The zero-order valence-corrected chi connectivity index (χ0v) is 15.5. The van der Waals surface area contributed by atoms with E-state index in [-0.39, 0.29) is 0 Å². The first-order valence-corrected chi connectivity index (χ1v) is 12.6. The average Bonchev–Trinajstić information content (AvgIpc) is 2.51. The molecule has 0 amide bonds. The second kappa shape index (κ2) is 8.83. The van der Waals surface area contributed by atoms with Crippen molar-refractivity contribution in [1.29, 1.82) is 0 Å². The Labute approximate surface area is 147 Å². The van der Waals surface area contributed by atoms with Crippen LogP contribution in [0.2, 0.25) is 6.04 Å². The Hall–Kier alpha value is -0.673. The van der Waals surface area contributed by atoms with Gasteiger partial charge in [0.1, 0.15) is 5.75 Å². The van der Waals surface area contributed by atoms with Crippen molar-refractivity contribution in [3.05, 3.63) is 54.6 Å². The van der Waals surface area contributed by atoms with Crippen molar-refractivity contribution in [3.8, 4) is 16.9 Å². The molecule has 0 aromatic heterocycles. The molecular formula is C17H19Cl3OSi. The highest BCUT2D eigenvalue weighted by molar-refractivity contribution is 7.64. The second-order valence-electron chi connectivity index (χ2n) is 5.16. The summed E-state index contributed by atoms with van der Waals surface area (Å²) in [5.41, 5.74) is 2.41. The summed E-state index contributed by atoms with van der Waals surface area (Å²) in [6.45, 7) is 0.700. The fourth-order valence-corrected chi connectivity index (χ4v) is 4.02. The van der Waals surface area contributed by atoms with Gasteiger partial charge in [-0.25, -0.2) is 0 Å². The predicted octanol–water partition coefficient (Wildman–Crippen LogP) is 6.56. The molecular weight excluding hydrogens is 355 g/mol. The zero-order chi connectivity index (χ0) is 15.8. The highest BCUT2D eigenvalue weighted by Crippen LogP contribution is 2.27. The Bertz CT molecular complexity index is 552. The summed E-state index contributed by atoms with van der Waals surface area (Å²) in [5.74, 6) is 0.899. The lowest BCUT2D eigenvalue weighted by molar-refractivity contribution is 0.306. The first-order valence-electron chi connectivity index (χ1n) is 7.40. The van der Waals surface area contributed by atoms with Crippen LogP contribution in [0.4, 0.5) is 0 Å². The van der Waals surface area contributed by atoms with Crippen LogP contribution < -0.4 is 4.74 Å². The van der Waals surface area contributed by atoms with Crippen LogP contribution in [-0.4, -0.2) is 12.6 Å². The smallest absolute Gasteiger partial charge is 0.341 e. The fourth-order valence-electron chi connectivity index (χ4n) is 2.17. The minimum Gasteiger partial charge on any atom is -0.494 e. The van der Waals surface area contributed by atoms with E-state index in [1.807, 2.05) is 30.3 Å². The summed E-state index contributed by atoms with van der Waals surface area (Å²) in [6.07, 6.45) is 2.97. The SMILES string of the molecule is Cl[Si](Cl)(Cl)CCCCCOc1ccc(-c2ccccc2)cc1. The van der Waals surface area contributed by atoms with E-state index in [1.54, 1.807) is 0 Å². The number of rotatable bonds is 8. The van der Waals surface area contributed by atoms with Crippen molar-refractivity contribution < 1.29 is 4.74 Å². The maximum absolute atomic E-state index is 5.85. The topological polar surface area (TPSA) is 9.23 Å². The van der Waals surface area contributed by atoms with Crippen molar-refractivity contribution in [2.45, 2.75) is 25.3 Å². The summed E-state index contributed by atoms with van der Waals surface area (Å²) in [7, 11) is 0. The molecule has 2 aromatic rings. The molecule has 0 bridgehead atoms. The van der Waals surface area contributed by atoms with Gasteiger partial charge in [-0.1, -0.05) is 55.3 Å². The maximum Gasteiger partial charge on any atom is 0.341 e. The first kappa shape index (κ1) is 17.7. The molecule has 0 saturated heterocycles. The molecule has 0 heterocycles.